The Morgan fingerprint density at radius 1 is 1.46 bits per heavy atom. The molecule has 1 aromatic heterocycles. The molecule has 1 heteroatoms. The Labute approximate surface area is 80.8 Å². The van der Waals surface area contributed by atoms with E-state index in [1.807, 2.05) is 0 Å². The molecule has 0 fully saturated rings. The molecular weight excluding hydrogens is 158 g/mol. The number of aromatic nitrogens is 1. The summed E-state index contributed by atoms with van der Waals surface area (Å²) in [6.45, 7) is 8.10. The minimum Gasteiger partial charge on any atom is -0.351 e. The van der Waals surface area contributed by atoms with Gasteiger partial charge in [-0.1, -0.05) is 13.8 Å². The molecule has 2 rings (SSSR count). The van der Waals surface area contributed by atoms with Gasteiger partial charge >= 0.3 is 0 Å². The lowest BCUT2D eigenvalue weighted by Gasteiger charge is -2.30. The molecule has 72 valence electrons. The van der Waals surface area contributed by atoms with Crippen molar-refractivity contribution in [3.05, 3.63) is 23.5 Å². The van der Waals surface area contributed by atoms with Crippen LogP contribution in [0.25, 0.3) is 0 Å². The highest BCUT2D eigenvalue weighted by atomic mass is 15.0. The van der Waals surface area contributed by atoms with Crippen molar-refractivity contribution in [2.75, 3.05) is 0 Å². The average Bonchev–Trinajstić information content (AvgIpc) is 2.44. The Hall–Kier alpha value is -0.720. The molecule has 0 spiro atoms. The molecule has 1 aliphatic carbocycles. The smallest absolute Gasteiger partial charge is 0.0212 e. The number of hydrogen-bond donors (Lipinski definition) is 0. The summed E-state index contributed by atoms with van der Waals surface area (Å²) in [6.07, 6.45) is 6.11. The van der Waals surface area contributed by atoms with Crippen molar-refractivity contribution in [1.29, 1.82) is 0 Å². The Bertz CT molecular complexity index is 293. The van der Waals surface area contributed by atoms with Crippen molar-refractivity contribution in [1.82, 2.24) is 4.57 Å². The molecule has 1 nitrogen and oxygen atoms in total. The minimum absolute atomic E-state index is 0.512. The van der Waals surface area contributed by atoms with Crippen molar-refractivity contribution >= 4 is 0 Å². The predicted molar refractivity (Wildman–Crippen MR) is 55.9 cm³/mol. The molecule has 1 aliphatic rings. The molecule has 0 bridgehead atoms. The molecule has 0 saturated heterocycles. The standard InChI is InChI=1S/C12H19N/c1-4-13-8-6-10-5-7-12(2,3)9-11(10)13/h6,8H,4-5,7,9H2,1-3H3. The Balaban J connectivity index is 2.36. The quantitative estimate of drug-likeness (QED) is 0.621. The van der Waals surface area contributed by atoms with E-state index in [0.717, 1.165) is 6.54 Å². The number of aryl methyl sites for hydroxylation is 2. The van der Waals surface area contributed by atoms with E-state index in [-0.39, 0.29) is 0 Å². The van der Waals surface area contributed by atoms with E-state index in [1.54, 1.807) is 11.3 Å². The third kappa shape index (κ3) is 1.52. The predicted octanol–water partition coefficient (Wildman–Crippen LogP) is 3.02. The minimum atomic E-state index is 0.512. The van der Waals surface area contributed by atoms with E-state index in [0.29, 0.717) is 5.41 Å². The molecule has 0 aromatic carbocycles. The van der Waals surface area contributed by atoms with E-state index in [4.69, 9.17) is 0 Å². The zero-order chi connectivity index (χ0) is 9.47. The van der Waals surface area contributed by atoms with Crippen molar-refractivity contribution in [2.45, 2.75) is 46.6 Å². The van der Waals surface area contributed by atoms with E-state index >= 15 is 0 Å². The molecule has 0 saturated carbocycles. The second kappa shape index (κ2) is 2.90. The molecule has 13 heavy (non-hydrogen) atoms. The number of nitrogens with zero attached hydrogens (tertiary/aromatic N) is 1. The normalized spacial score (nSPS) is 19.9. The zero-order valence-electron chi connectivity index (χ0n) is 8.93. The van der Waals surface area contributed by atoms with Gasteiger partial charge in [-0.2, -0.15) is 0 Å². The Morgan fingerprint density at radius 3 is 2.92 bits per heavy atom. The summed E-state index contributed by atoms with van der Waals surface area (Å²) in [4.78, 5) is 0. The summed E-state index contributed by atoms with van der Waals surface area (Å²) < 4.78 is 2.40. The van der Waals surface area contributed by atoms with Crippen LogP contribution in [0.1, 0.15) is 38.4 Å². The Kier molecular flexibility index (Phi) is 1.98. The highest BCUT2D eigenvalue weighted by Gasteiger charge is 2.26. The van der Waals surface area contributed by atoms with Gasteiger partial charge in [0.25, 0.3) is 0 Å². The topological polar surface area (TPSA) is 4.93 Å². The lowest BCUT2D eigenvalue weighted by Crippen LogP contribution is -2.23. The summed E-state index contributed by atoms with van der Waals surface area (Å²) >= 11 is 0. The number of hydrogen-bond acceptors (Lipinski definition) is 0. The van der Waals surface area contributed by atoms with Gasteiger partial charge in [-0.05, 0) is 43.2 Å². The first-order valence-electron chi connectivity index (χ1n) is 5.29. The lowest BCUT2D eigenvalue weighted by molar-refractivity contribution is 0.306. The van der Waals surface area contributed by atoms with Gasteiger partial charge in [0.1, 0.15) is 0 Å². The summed E-state index contributed by atoms with van der Waals surface area (Å²) in [5, 5.41) is 0. The molecule has 0 atom stereocenters. The second-order valence-corrected chi connectivity index (χ2v) is 4.91. The second-order valence-electron chi connectivity index (χ2n) is 4.91. The van der Waals surface area contributed by atoms with E-state index in [1.165, 1.54) is 19.3 Å². The lowest BCUT2D eigenvalue weighted by atomic mass is 9.77. The van der Waals surface area contributed by atoms with Crippen molar-refractivity contribution in [3.8, 4) is 0 Å². The van der Waals surface area contributed by atoms with Gasteiger partial charge in [0.15, 0.2) is 0 Å². The fourth-order valence-corrected chi connectivity index (χ4v) is 2.30. The van der Waals surface area contributed by atoms with Crippen molar-refractivity contribution in [2.24, 2.45) is 5.41 Å². The average molecular weight is 177 g/mol. The molecule has 0 aliphatic heterocycles. The van der Waals surface area contributed by atoms with E-state index in [2.05, 4.69) is 37.6 Å². The largest absolute Gasteiger partial charge is 0.351 e. The van der Waals surface area contributed by atoms with E-state index < -0.39 is 0 Å². The Morgan fingerprint density at radius 2 is 2.23 bits per heavy atom. The van der Waals surface area contributed by atoms with Crippen LogP contribution in [0.3, 0.4) is 0 Å². The van der Waals surface area contributed by atoms with Gasteiger partial charge in [0.05, 0.1) is 0 Å². The maximum absolute atomic E-state index is 2.40. The van der Waals surface area contributed by atoms with Crippen LogP contribution in [0.4, 0.5) is 0 Å². The maximum atomic E-state index is 2.40. The fourth-order valence-electron chi connectivity index (χ4n) is 2.30. The first kappa shape index (κ1) is 8.86. The fraction of sp³-hybridized carbons (Fsp3) is 0.667. The van der Waals surface area contributed by atoms with Gasteiger partial charge < -0.3 is 4.57 Å². The first-order valence-corrected chi connectivity index (χ1v) is 5.29. The van der Waals surface area contributed by atoms with Crippen LogP contribution in [-0.2, 0) is 19.4 Å². The third-order valence-corrected chi connectivity index (χ3v) is 3.23. The van der Waals surface area contributed by atoms with E-state index in [9.17, 15) is 0 Å². The summed E-state index contributed by atoms with van der Waals surface area (Å²) in [7, 11) is 0. The van der Waals surface area contributed by atoms with Gasteiger partial charge in [0, 0.05) is 18.4 Å². The first-order chi connectivity index (χ1) is 6.12. The summed E-state index contributed by atoms with van der Waals surface area (Å²) in [5.41, 5.74) is 3.68. The van der Waals surface area contributed by atoms with Crippen LogP contribution in [0.2, 0.25) is 0 Å². The van der Waals surface area contributed by atoms with Gasteiger partial charge in [0.2, 0.25) is 0 Å². The molecule has 1 aromatic rings. The van der Waals surface area contributed by atoms with Crippen molar-refractivity contribution < 1.29 is 0 Å². The third-order valence-electron chi connectivity index (χ3n) is 3.23. The zero-order valence-corrected chi connectivity index (χ0v) is 8.93. The highest BCUT2D eigenvalue weighted by molar-refractivity contribution is 5.26. The van der Waals surface area contributed by atoms with Crippen LogP contribution in [0, 0.1) is 5.41 Å². The van der Waals surface area contributed by atoms with Gasteiger partial charge in [-0.15, -0.1) is 0 Å². The molecule has 1 heterocycles. The van der Waals surface area contributed by atoms with Crippen LogP contribution in [0.5, 0.6) is 0 Å². The summed E-state index contributed by atoms with van der Waals surface area (Å²) in [5.74, 6) is 0. The molecule has 0 unspecified atom stereocenters. The molecule has 0 radical (unpaired) electrons. The summed E-state index contributed by atoms with van der Waals surface area (Å²) in [6, 6.07) is 2.30. The highest BCUT2D eigenvalue weighted by Crippen LogP contribution is 2.34. The molecule has 0 N–H and O–H groups in total. The SMILES string of the molecule is CCn1ccc2c1CC(C)(C)CC2. The molecule has 0 amide bonds. The van der Waals surface area contributed by atoms with Crippen LogP contribution in [0.15, 0.2) is 12.3 Å². The van der Waals surface area contributed by atoms with Crippen LogP contribution < -0.4 is 0 Å². The van der Waals surface area contributed by atoms with Gasteiger partial charge in [-0.3, -0.25) is 0 Å². The van der Waals surface area contributed by atoms with Crippen LogP contribution >= 0.6 is 0 Å². The monoisotopic (exact) mass is 177 g/mol. The number of fused-ring (bicyclic) bond motifs is 1. The molecular formula is C12H19N. The van der Waals surface area contributed by atoms with Crippen molar-refractivity contribution in [3.63, 3.8) is 0 Å². The maximum Gasteiger partial charge on any atom is 0.0212 e. The van der Waals surface area contributed by atoms with Crippen LogP contribution in [-0.4, -0.2) is 4.57 Å². The van der Waals surface area contributed by atoms with Gasteiger partial charge in [-0.25, -0.2) is 0 Å². The number of rotatable bonds is 1.